The number of amides is 1. The van der Waals surface area contributed by atoms with E-state index in [2.05, 4.69) is 31.9 Å². The predicted molar refractivity (Wildman–Crippen MR) is 117 cm³/mol. The van der Waals surface area contributed by atoms with E-state index in [1.807, 2.05) is 62.6 Å². The van der Waals surface area contributed by atoms with E-state index in [1.165, 1.54) is 0 Å². The van der Waals surface area contributed by atoms with Crippen molar-refractivity contribution in [1.29, 1.82) is 5.26 Å². The van der Waals surface area contributed by atoms with Crippen LogP contribution in [0.15, 0.2) is 51.8 Å². The molecule has 1 N–H and O–H groups in total. The van der Waals surface area contributed by atoms with E-state index in [0.29, 0.717) is 6.54 Å². The van der Waals surface area contributed by atoms with Gasteiger partial charge in [0.15, 0.2) is 0 Å². The molecule has 0 bridgehead atoms. The average Bonchev–Trinajstić information content (AvgIpc) is 3.28. The standard InChI is InChI=1S/C22H20BrN3OS/c1-14-9-19(6-7-21(14)23)26-15(2)10-17(16(26)3)11-18(12-24)22(27)25-13-20-5-4-8-28-20/h4-11H,13H2,1-3H3,(H,25,27)/b18-11+. The van der Waals surface area contributed by atoms with Gasteiger partial charge in [-0.05, 0) is 73.7 Å². The molecule has 2 aromatic heterocycles. The number of hydrogen-bond donors (Lipinski definition) is 1. The third kappa shape index (κ3) is 4.27. The maximum Gasteiger partial charge on any atom is 0.262 e. The zero-order valence-corrected chi connectivity index (χ0v) is 18.3. The van der Waals surface area contributed by atoms with Gasteiger partial charge < -0.3 is 9.88 Å². The Balaban J connectivity index is 1.89. The highest BCUT2D eigenvalue weighted by atomic mass is 79.9. The van der Waals surface area contributed by atoms with Gasteiger partial charge >= 0.3 is 0 Å². The van der Waals surface area contributed by atoms with Crippen LogP contribution in [0.1, 0.15) is 27.4 Å². The second kappa shape index (κ2) is 8.59. The van der Waals surface area contributed by atoms with Gasteiger partial charge in [0.1, 0.15) is 11.6 Å². The zero-order valence-electron chi connectivity index (χ0n) is 15.9. The van der Waals surface area contributed by atoms with Crippen LogP contribution >= 0.6 is 27.3 Å². The summed E-state index contributed by atoms with van der Waals surface area (Å²) in [5.74, 6) is -0.361. The first-order chi connectivity index (χ1) is 13.4. The van der Waals surface area contributed by atoms with Gasteiger partial charge in [-0.3, -0.25) is 4.79 Å². The third-order valence-corrected chi connectivity index (χ3v) is 6.30. The lowest BCUT2D eigenvalue weighted by Crippen LogP contribution is -2.23. The van der Waals surface area contributed by atoms with Gasteiger partial charge in [-0.25, -0.2) is 0 Å². The molecule has 0 fully saturated rings. The van der Waals surface area contributed by atoms with Gasteiger partial charge in [0, 0.05) is 26.4 Å². The Kier molecular flexibility index (Phi) is 6.18. The van der Waals surface area contributed by atoms with Gasteiger partial charge in [-0.15, -0.1) is 11.3 Å². The van der Waals surface area contributed by atoms with Crippen molar-refractivity contribution in [3.63, 3.8) is 0 Å². The Bertz CT molecular complexity index is 1090. The fraction of sp³-hybridized carbons (Fsp3) is 0.182. The molecule has 0 radical (unpaired) electrons. The largest absolute Gasteiger partial charge is 0.347 e. The number of halogens is 1. The van der Waals surface area contributed by atoms with Crippen LogP contribution in [0.2, 0.25) is 0 Å². The van der Waals surface area contributed by atoms with Gasteiger partial charge in [0.2, 0.25) is 0 Å². The van der Waals surface area contributed by atoms with Crippen molar-refractivity contribution < 1.29 is 4.79 Å². The lowest BCUT2D eigenvalue weighted by molar-refractivity contribution is -0.117. The number of benzene rings is 1. The predicted octanol–water partition coefficient (Wildman–Crippen LogP) is 5.45. The zero-order chi connectivity index (χ0) is 20.3. The van der Waals surface area contributed by atoms with Crippen molar-refractivity contribution in [1.82, 2.24) is 9.88 Å². The number of nitrogens with zero attached hydrogens (tertiary/aromatic N) is 2. The number of rotatable bonds is 5. The lowest BCUT2D eigenvalue weighted by atomic mass is 10.1. The van der Waals surface area contributed by atoms with Crippen molar-refractivity contribution in [3.8, 4) is 11.8 Å². The van der Waals surface area contributed by atoms with Crippen molar-refractivity contribution in [2.75, 3.05) is 0 Å². The molecule has 0 unspecified atom stereocenters. The quantitative estimate of drug-likeness (QED) is 0.412. The minimum atomic E-state index is -0.361. The SMILES string of the molecule is Cc1cc(-n2c(C)cc(/C=C(\C#N)C(=O)NCc3cccs3)c2C)ccc1Br. The molecule has 0 aliphatic carbocycles. The van der Waals surface area contributed by atoms with E-state index in [9.17, 15) is 10.1 Å². The van der Waals surface area contributed by atoms with Crippen LogP contribution < -0.4 is 5.32 Å². The second-order valence-electron chi connectivity index (χ2n) is 6.53. The molecule has 0 aliphatic rings. The summed E-state index contributed by atoms with van der Waals surface area (Å²) in [6.07, 6.45) is 1.66. The van der Waals surface area contributed by atoms with E-state index in [4.69, 9.17) is 0 Å². The van der Waals surface area contributed by atoms with Gasteiger partial charge in [-0.1, -0.05) is 22.0 Å². The summed E-state index contributed by atoms with van der Waals surface area (Å²) in [5, 5.41) is 14.2. The maximum absolute atomic E-state index is 12.4. The Morgan fingerprint density at radius 2 is 2.07 bits per heavy atom. The fourth-order valence-corrected chi connectivity index (χ4v) is 3.97. The highest BCUT2D eigenvalue weighted by Gasteiger charge is 2.14. The highest BCUT2D eigenvalue weighted by Crippen LogP contribution is 2.26. The molecular weight excluding hydrogens is 434 g/mol. The van der Waals surface area contributed by atoms with Crippen molar-refractivity contribution in [3.05, 3.63) is 79.2 Å². The number of carbonyl (C=O) groups is 1. The molecule has 0 saturated carbocycles. The molecule has 0 aliphatic heterocycles. The van der Waals surface area contributed by atoms with Crippen LogP contribution in [-0.4, -0.2) is 10.5 Å². The Morgan fingerprint density at radius 3 is 2.71 bits per heavy atom. The molecule has 142 valence electrons. The van der Waals surface area contributed by atoms with E-state index in [1.54, 1.807) is 17.4 Å². The minimum absolute atomic E-state index is 0.101. The molecule has 1 aromatic carbocycles. The summed E-state index contributed by atoms with van der Waals surface area (Å²) < 4.78 is 3.19. The Hall–Kier alpha value is -2.62. The molecule has 4 nitrogen and oxygen atoms in total. The Labute approximate surface area is 177 Å². The number of aromatic nitrogens is 1. The van der Waals surface area contributed by atoms with E-state index in [-0.39, 0.29) is 11.5 Å². The molecule has 0 atom stereocenters. The molecule has 2 heterocycles. The number of thiophene rings is 1. The van der Waals surface area contributed by atoms with Gasteiger partial charge in [0.05, 0.1) is 6.54 Å². The molecule has 3 rings (SSSR count). The van der Waals surface area contributed by atoms with E-state index in [0.717, 1.165) is 37.6 Å². The van der Waals surface area contributed by atoms with Crippen molar-refractivity contribution in [2.24, 2.45) is 0 Å². The first-order valence-electron chi connectivity index (χ1n) is 8.78. The first kappa shape index (κ1) is 20.1. The maximum atomic E-state index is 12.4. The van der Waals surface area contributed by atoms with Crippen LogP contribution in [0.25, 0.3) is 11.8 Å². The molecular formula is C22H20BrN3OS. The summed E-state index contributed by atoms with van der Waals surface area (Å²) in [4.78, 5) is 13.5. The van der Waals surface area contributed by atoms with E-state index >= 15 is 0 Å². The molecule has 1 amide bonds. The van der Waals surface area contributed by atoms with Crippen LogP contribution in [-0.2, 0) is 11.3 Å². The van der Waals surface area contributed by atoms with Crippen LogP contribution in [0.4, 0.5) is 0 Å². The van der Waals surface area contributed by atoms with Crippen LogP contribution in [0.5, 0.6) is 0 Å². The lowest BCUT2D eigenvalue weighted by Gasteiger charge is -2.11. The molecule has 0 spiro atoms. The number of aryl methyl sites for hydroxylation is 2. The number of carbonyl (C=O) groups excluding carboxylic acids is 1. The minimum Gasteiger partial charge on any atom is -0.347 e. The third-order valence-electron chi connectivity index (χ3n) is 4.54. The number of hydrogen-bond acceptors (Lipinski definition) is 3. The van der Waals surface area contributed by atoms with Crippen LogP contribution in [0, 0.1) is 32.1 Å². The first-order valence-corrected chi connectivity index (χ1v) is 10.5. The summed E-state index contributed by atoms with van der Waals surface area (Å²) in [6.45, 7) is 6.49. The summed E-state index contributed by atoms with van der Waals surface area (Å²) in [7, 11) is 0. The van der Waals surface area contributed by atoms with Crippen molar-refractivity contribution >= 4 is 39.2 Å². The van der Waals surface area contributed by atoms with Gasteiger partial charge in [0.25, 0.3) is 5.91 Å². The molecule has 6 heteroatoms. The normalized spacial score (nSPS) is 11.3. The number of nitriles is 1. The smallest absolute Gasteiger partial charge is 0.262 e. The monoisotopic (exact) mass is 453 g/mol. The molecule has 28 heavy (non-hydrogen) atoms. The fourth-order valence-electron chi connectivity index (χ4n) is 3.08. The molecule has 0 saturated heterocycles. The average molecular weight is 454 g/mol. The van der Waals surface area contributed by atoms with Crippen molar-refractivity contribution in [2.45, 2.75) is 27.3 Å². The van der Waals surface area contributed by atoms with E-state index < -0.39 is 0 Å². The molecule has 3 aromatic rings. The Morgan fingerprint density at radius 1 is 1.29 bits per heavy atom. The summed E-state index contributed by atoms with van der Waals surface area (Å²) in [6, 6.07) is 14.1. The highest BCUT2D eigenvalue weighted by molar-refractivity contribution is 9.10. The summed E-state index contributed by atoms with van der Waals surface area (Å²) >= 11 is 5.10. The number of nitrogens with one attached hydrogen (secondary N) is 1. The summed E-state index contributed by atoms with van der Waals surface area (Å²) in [5.41, 5.74) is 5.19. The van der Waals surface area contributed by atoms with Crippen LogP contribution in [0.3, 0.4) is 0 Å². The second-order valence-corrected chi connectivity index (χ2v) is 8.41. The topological polar surface area (TPSA) is 57.8 Å². The van der Waals surface area contributed by atoms with Gasteiger partial charge in [-0.2, -0.15) is 5.26 Å².